The highest BCUT2D eigenvalue weighted by Crippen LogP contribution is 2.30. The molecule has 5 nitrogen and oxygen atoms in total. The van der Waals surface area contributed by atoms with Crippen LogP contribution in [0.25, 0.3) is 0 Å². The maximum atomic E-state index is 12.8. The van der Waals surface area contributed by atoms with Crippen molar-refractivity contribution in [3.8, 4) is 0 Å². The zero-order chi connectivity index (χ0) is 17.3. The van der Waals surface area contributed by atoms with Gasteiger partial charge in [0.1, 0.15) is 11.9 Å². The van der Waals surface area contributed by atoms with Gasteiger partial charge in [0.25, 0.3) is 5.91 Å². The smallest absolute Gasteiger partial charge is 0.254 e. The van der Waals surface area contributed by atoms with Crippen molar-refractivity contribution in [3.63, 3.8) is 0 Å². The van der Waals surface area contributed by atoms with Gasteiger partial charge in [0.2, 0.25) is 0 Å². The van der Waals surface area contributed by atoms with Gasteiger partial charge in [0, 0.05) is 49.0 Å². The predicted molar refractivity (Wildman–Crippen MR) is 93.0 cm³/mol. The maximum absolute atomic E-state index is 12.8. The van der Waals surface area contributed by atoms with E-state index in [2.05, 4.69) is 4.98 Å². The number of halogens is 1. The Labute approximate surface area is 146 Å². The van der Waals surface area contributed by atoms with Gasteiger partial charge in [-0.05, 0) is 43.5 Å². The fourth-order valence-corrected chi connectivity index (χ4v) is 3.59. The van der Waals surface area contributed by atoms with Crippen LogP contribution in [-0.2, 0) is 7.05 Å². The third-order valence-electron chi connectivity index (χ3n) is 4.73. The van der Waals surface area contributed by atoms with Crippen LogP contribution in [0.4, 0.5) is 0 Å². The van der Waals surface area contributed by atoms with Gasteiger partial charge in [-0.1, -0.05) is 11.6 Å². The van der Waals surface area contributed by atoms with Crippen LogP contribution in [0.15, 0.2) is 30.6 Å². The summed E-state index contributed by atoms with van der Waals surface area (Å²) < 4.78 is 1.83. The molecule has 2 atom stereocenters. The first-order valence-corrected chi connectivity index (χ1v) is 8.56. The maximum Gasteiger partial charge on any atom is 0.254 e. The van der Waals surface area contributed by atoms with Crippen LogP contribution in [0.5, 0.6) is 0 Å². The van der Waals surface area contributed by atoms with Gasteiger partial charge in [-0.3, -0.25) is 4.79 Å². The Bertz CT molecular complexity index is 744. The largest absolute Gasteiger partial charge is 0.385 e. The standard InChI is InChI=1S/C18H22ClN3O2/c1-12-10-14(19)5-6-15(12)18(24)22-8-3-4-13(11-22)16(23)17-20-7-9-21(17)2/h5-7,9-10,13,16,23H,3-4,8,11H2,1-2H3. The molecular formula is C18H22ClN3O2. The molecule has 2 aromatic rings. The lowest BCUT2D eigenvalue weighted by Crippen LogP contribution is -2.42. The summed E-state index contributed by atoms with van der Waals surface area (Å²) in [5, 5.41) is 11.3. The van der Waals surface area contributed by atoms with Crippen LogP contribution in [0.3, 0.4) is 0 Å². The van der Waals surface area contributed by atoms with Crippen LogP contribution >= 0.6 is 11.6 Å². The van der Waals surface area contributed by atoms with Gasteiger partial charge >= 0.3 is 0 Å². The zero-order valence-electron chi connectivity index (χ0n) is 13.9. The first-order chi connectivity index (χ1) is 11.5. The molecule has 6 heteroatoms. The number of aliphatic hydroxyl groups is 1. The van der Waals surface area contributed by atoms with Crippen molar-refractivity contribution in [3.05, 3.63) is 52.6 Å². The zero-order valence-corrected chi connectivity index (χ0v) is 14.7. The van der Waals surface area contributed by atoms with Crippen molar-refractivity contribution in [2.75, 3.05) is 13.1 Å². The highest BCUT2D eigenvalue weighted by atomic mass is 35.5. The molecule has 1 N–H and O–H groups in total. The first-order valence-electron chi connectivity index (χ1n) is 8.18. The number of carbonyl (C=O) groups excluding carboxylic acids is 1. The van der Waals surface area contributed by atoms with Crippen LogP contribution in [0, 0.1) is 12.8 Å². The average molecular weight is 348 g/mol. The molecule has 0 saturated carbocycles. The van der Waals surface area contributed by atoms with Gasteiger partial charge in [-0.2, -0.15) is 0 Å². The Hall–Kier alpha value is -1.85. The topological polar surface area (TPSA) is 58.4 Å². The second kappa shape index (κ2) is 6.95. The molecule has 2 heterocycles. The lowest BCUT2D eigenvalue weighted by Gasteiger charge is -2.35. The van der Waals surface area contributed by atoms with Crippen molar-refractivity contribution in [1.82, 2.24) is 14.5 Å². The summed E-state index contributed by atoms with van der Waals surface area (Å²) in [6.07, 6.45) is 4.61. The van der Waals surface area contributed by atoms with E-state index in [-0.39, 0.29) is 11.8 Å². The fourth-order valence-electron chi connectivity index (χ4n) is 3.36. The molecule has 0 spiro atoms. The number of piperidine rings is 1. The SMILES string of the molecule is Cc1cc(Cl)ccc1C(=O)N1CCCC(C(O)c2nccn2C)C1. The van der Waals surface area contributed by atoms with Crippen molar-refractivity contribution in [1.29, 1.82) is 0 Å². The summed E-state index contributed by atoms with van der Waals surface area (Å²) in [6, 6.07) is 5.32. The lowest BCUT2D eigenvalue weighted by molar-refractivity contribution is 0.0358. The summed E-state index contributed by atoms with van der Waals surface area (Å²) >= 11 is 5.98. The van der Waals surface area contributed by atoms with E-state index in [0.717, 1.165) is 18.4 Å². The highest BCUT2D eigenvalue weighted by Gasteiger charge is 2.31. The average Bonchev–Trinajstić information content (AvgIpc) is 3.00. The molecule has 1 aliphatic heterocycles. The van der Waals surface area contributed by atoms with Gasteiger partial charge in [-0.25, -0.2) is 4.98 Å². The number of nitrogens with zero attached hydrogens (tertiary/aromatic N) is 3. The number of amides is 1. The molecule has 2 unspecified atom stereocenters. The van der Waals surface area contributed by atoms with E-state index in [4.69, 9.17) is 11.6 Å². The number of rotatable bonds is 3. The lowest BCUT2D eigenvalue weighted by atomic mass is 9.91. The monoisotopic (exact) mass is 347 g/mol. The minimum atomic E-state index is -0.660. The Morgan fingerprint density at radius 2 is 2.25 bits per heavy atom. The molecule has 1 saturated heterocycles. The molecule has 0 radical (unpaired) electrons. The predicted octanol–water partition coefficient (Wildman–Crippen LogP) is 2.97. The number of aromatic nitrogens is 2. The first kappa shape index (κ1) is 17.0. The molecule has 1 fully saturated rings. The van der Waals surface area contributed by atoms with Gasteiger partial charge in [0.15, 0.2) is 0 Å². The highest BCUT2D eigenvalue weighted by molar-refractivity contribution is 6.30. The fraction of sp³-hybridized carbons (Fsp3) is 0.444. The van der Waals surface area contributed by atoms with E-state index in [1.165, 1.54) is 0 Å². The van der Waals surface area contributed by atoms with Crippen molar-refractivity contribution < 1.29 is 9.90 Å². The molecule has 24 heavy (non-hydrogen) atoms. The van der Waals surface area contributed by atoms with Gasteiger partial charge < -0.3 is 14.6 Å². The number of imidazole rings is 1. The number of benzene rings is 1. The quantitative estimate of drug-likeness (QED) is 0.928. The van der Waals surface area contributed by atoms with Crippen LogP contribution in [0.2, 0.25) is 5.02 Å². The normalized spacial score (nSPS) is 19.3. The van der Waals surface area contributed by atoms with E-state index in [1.54, 1.807) is 24.4 Å². The molecule has 128 valence electrons. The summed E-state index contributed by atoms with van der Waals surface area (Å²) in [5.41, 5.74) is 1.55. The van der Waals surface area contributed by atoms with E-state index in [0.29, 0.717) is 29.5 Å². The number of carbonyl (C=O) groups is 1. The molecule has 1 aromatic heterocycles. The van der Waals surface area contributed by atoms with E-state index in [1.807, 2.05) is 29.6 Å². The number of hydrogen-bond acceptors (Lipinski definition) is 3. The second-order valence-electron chi connectivity index (χ2n) is 6.45. The molecular weight excluding hydrogens is 326 g/mol. The Balaban J connectivity index is 1.75. The summed E-state index contributed by atoms with van der Waals surface area (Å²) in [5.74, 6) is 0.647. The number of likely N-dealkylation sites (tertiary alicyclic amines) is 1. The molecule has 1 amide bonds. The molecule has 1 aliphatic rings. The number of hydrogen-bond donors (Lipinski definition) is 1. The van der Waals surface area contributed by atoms with E-state index in [9.17, 15) is 9.90 Å². The summed E-state index contributed by atoms with van der Waals surface area (Å²) in [6.45, 7) is 3.14. The Morgan fingerprint density at radius 1 is 1.46 bits per heavy atom. The molecule has 1 aromatic carbocycles. The van der Waals surface area contributed by atoms with Crippen molar-refractivity contribution >= 4 is 17.5 Å². The van der Waals surface area contributed by atoms with Crippen LogP contribution in [-0.4, -0.2) is 38.6 Å². The van der Waals surface area contributed by atoms with E-state index >= 15 is 0 Å². The number of aliphatic hydroxyl groups excluding tert-OH is 1. The summed E-state index contributed by atoms with van der Waals surface area (Å²) in [7, 11) is 1.87. The van der Waals surface area contributed by atoms with E-state index < -0.39 is 6.10 Å². The second-order valence-corrected chi connectivity index (χ2v) is 6.89. The third-order valence-corrected chi connectivity index (χ3v) is 4.97. The third kappa shape index (κ3) is 3.32. The van der Waals surface area contributed by atoms with Crippen LogP contribution in [0.1, 0.15) is 40.7 Å². The van der Waals surface area contributed by atoms with Crippen LogP contribution < -0.4 is 0 Å². The van der Waals surface area contributed by atoms with Crippen molar-refractivity contribution in [2.24, 2.45) is 13.0 Å². The number of aryl methyl sites for hydroxylation is 2. The molecule has 0 bridgehead atoms. The minimum Gasteiger partial charge on any atom is -0.385 e. The van der Waals surface area contributed by atoms with Crippen molar-refractivity contribution in [2.45, 2.75) is 25.9 Å². The Morgan fingerprint density at radius 3 is 2.92 bits per heavy atom. The Kier molecular flexibility index (Phi) is 4.92. The molecule has 0 aliphatic carbocycles. The summed E-state index contributed by atoms with van der Waals surface area (Å²) in [4.78, 5) is 18.9. The minimum absolute atomic E-state index is 0.000840. The molecule has 3 rings (SSSR count). The van der Waals surface area contributed by atoms with Gasteiger partial charge in [-0.15, -0.1) is 0 Å². The van der Waals surface area contributed by atoms with Gasteiger partial charge in [0.05, 0.1) is 0 Å².